The number of hydrogen-bond donors (Lipinski definition) is 0. The fourth-order valence-electron chi connectivity index (χ4n) is 5.75. The highest BCUT2D eigenvalue weighted by Gasteiger charge is 2.30. The Balaban J connectivity index is 1.10. The fraction of sp³-hybridized carbons (Fsp3) is 0.406. The molecule has 2 saturated heterocycles. The number of piperidine rings is 1. The highest BCUT2D eigenvalue weighted by atomic mass is 19.1. The van der Waals surface area contributed by atoms with Gasteiger partial charge in [-0.05, 0) is 55.8 Å². The summed E-state index contributed by atoms with van der Waals surface area (Å²) in [5.74, 6) is 1.69. The van der Waals surface area contributed by atoms with Crippen molar-refractivity contribution in [1.82, 2.24) is 9.80 Å². The second kappa shape index (κ2) is 13.0. The lowest BCUT2D eigenvalue weighted by molar-refractivity contribution is -0.131. The smallest absolute Gasteiger partial charge is 0.223 e. The number of rotatable bonds is 9. The van der Waals surface area contributed by atoms with Gasteiger partial charge in [0, 0.05) is 51.1 Å². The molecule has 5 rings (SSSR count). The number of benzene rings is 3. The summed E-state index contributed by atoms with van der Waals surface area (Å²) in [5, 5.41) is 0. The molecule has 206 valence electrons. The van der Waals surface area contributed by atoms with Crippen LogP contribution in [0.1, 0.15) is 30.9 Å². The minimum atomic E-state index is -0.292. The predicted molar refractivity (Wildman–Crippen MR) is 152 cm³/mol. The number of hydrogen-bond acceptors (Lipinski definition) is 5. The van der Waals surface area contributed by atoms with Crippen LogP contribution in [0.5, 0.6) is 11.5 Å². The molecule has 0 bridgehead atoms. The van der Waals surface area contributed by atoms with Gasteiger partial charge in [0.1, 0.15) is 23.4 Å². The Kier molecular flexibility index (Phi) is 8.99. The van der Waals surface area contributed by atoms with E-state index in [0.717, 1.165) is 75.7 Å². The van der Waals surface area contributed by atoms with Gasteiger partial charge in [-0.25, -0.2) is 4.39 Å². The third-order valence-electron chi connectivity index (χ3n) is 7.95. The van der Waals surface area contributed by atoms with Crippen molar-refractivity contribution >= 4 is 11.6 Å². The van der Waals surface area contributed by atoms with Crippen molar-refractivity contribution in [3.63, 3.8) is 0 Å². The molecule has 2 aliphatic heterocycles. The molecule has 39 heavy (non-hydrogen) atoms. The van der Waals surface area contributed by atoms with Gasteiger partial charge in [-0.15, -0.1) is 0 Å². The lowest BCUT2D eigenvalue weighted by Gasteiger charge is -2.38. The van der Waals surface area contributed by atoms with Crippen molar-refractivity contribution in [3.8, 4) is 11.5 Å². The van der Waals surface area contributed by atoms with Crippen molar-refractivity contribution in [2.24, 2.45) is 5.92 Å². The minimum absolute atomic E-state index is 0.128. The summed E-state index contributed by atoms with van der Waals surface area (Å²) < 4.78 is 25.7. The fourth-order valence-corrected chi connectivity index (χ4v) is 5.75. The molecule has 0 spiro atoms. The van der Waals surface area contributed by atoms with Crippen molar-refractivity contribution in [2.75, 3.05) is 57.8 Å². The summed E-state index contributed by atoms with van der Waals surface area (Å²) in [6.45, 7) is 5.71. The zero-order valence-electron chi connectivity index (χ0n) is 22.7. The Morgan fingerprint density at radius 2 is 1.62 bits per heavy atom. The Morgan fingerprint density at radius 3 is 2.33 bits per heavy atom. The van der Waals surface area contributed by atoms with Crippen molar-refractivity contribution in [1.29, 1.82) is 0 Å². The zero-order valence-corrected chi connectivity index (χ0v) is 22.7. The molecule has 1 amide bonds. The second-order valence-corrected chi connectivity index (χ2v) is 10.4. The van der Waals surface area contributed by atoms with Gasteiger partial charge in [-0.2, -0.15) is 0 Å². The zero-order chi connectivity index (χ0) is 27.0. The van der Waals surface area contributed by atoms with Crippen LogP contribution in [0.4, 0.5) is 10.1 Å². The van der Waals surface area contributed by atoms with Crippen LogP contribution in [0, 0.1) is 11.7 Å². The van der Waals surface area contributed by atoms with Crippen LogP contribution in [0.3, 0.4) is 0 Å². The molecule has 0 aromatic heterocycles. The van der Waals surface area contributed by atoms with Gasteiger partial charge in [0.2, 0.25) is 5.91 Å². The molecule has 0 aliphatic carbocycles. The van der Waals surface area contributed by atoms with E-state index in [1.54, 1.807) is 13.2 Å². The van der Waals surface area contributed by atoms with Gasteiger partial charge in [0.25, 0.3) is 0 Å². The molecular weight excluding hydrogens is 493 g/mol. The van der Waals surface area contributed by atoms with E-state index in [1.807, 2.05) is 47.4 Å². The van der Waals surface area contributed by atoms with E-state index in [2.05, 4.69) is 28.0 Å². The first-order valence-corrected chi connectivity index (χ1v) is 14.0. The van der Waals surface area contributed by atoms with Gasteiger partial charge in [0.05, 0.1) is 12.8 Å². The van der Waals surface area contributed by atoms with Crippen LogP contribution >= 0.6 is 0 Å². The second-order valence-electron chi connectivity index (χ2n) is 10.4. The Bertz CT molecular complexity index is 1210. The number of ether oxygens (including phenoxy) is 2. The maximum absolute atomic E-state index is 13.8. The number of likely N-dealkylation sites (tertiary alicyclic amines) is 1. The van der Waals surface area contributed by atoms with Gasteiger partial charge < -0.3 is 24.2 Å². The van der Waals surface area contributed by atoms with Crippen LogP contribution in [0.2, 0.25) is 0 Å². The molecule has 3 aromatic carbocycles. The van der Waals surface area contributed by atoms with Crippen molar-refractivity contribution < 1.29 is 18.7 Å². The highest BCUT2D eigenvalue weighted by molar-refractivity contribution is 5.76. The van der Waals surface area contributed by atoms with Crippen LogP contribution in [-0.2, 0) is 4.79 Å². The number of nitrogens with zero attached hydrogens (tertiary/aromatic N) is 3. The number of methoxy groups -OCH3 is 1. The minimum Gasteiger partial charge on any atom is -0.495 e. The summed E-state index contributed by atoms with van der Waals surface area (Å²) in [5.41, 5.74) is 2.20. The number of para-hydroxylation sites is 2. The van der Waals surface area contributed by atoms with Gasteiger partial charge in [-0.1, -0.05) is 48.5 Å². The van der Waals surface area contributed by atoms with E-state index in [0.29, 0.717) is 18.1 Å². The quantitative estimate of drug-likeness (QED) is 0.370. The Hall–Kier alpha value is -3.58. The average molecular weight is 532 g/mol. The molecule has 6 nitrogen and oxygen atoms in total. The summed E-state index contributed by atoms with van der Waals surface area (Å²) >= 11 is 0. The van der Waals surface area contributed by atoms with Crippen LogP contribution < -0.4 is 14.4 Å². The Labute approximate surface area is 230 Å². The van der Waals surface area contributed by atoms with Gasteiger partial charge in [0.15, 0.2) is 0 Å². The molecular formula is C32H38FN3O3. The molecule has 0 N–H and O–H groups in total. The van der Waals surface area contributed by atoms with Crippen molar-refractivity contribution in [2.45, 2.75) is 25.4 Å². The topological polar surface area (TPSA) is 45.2 Å². The van der Waals surface area contributed by atoms with E-state index in [-0.39, 0.29) is 17.8 Å². The summed E-state index contributed by atoms with van der Waals surface area (Å²) in [7, 11) is 1.70. The summed E-state index contributed by atoms with van der Waals surface area (Å²) in [4.78, 5) is 19.7. The molecule has 1 unspecified atom stereocenters. The van der Waals surface area contributed by atoms with Crippen LogP contribution in [0.25, 0.3) is 0 Å². The number of halogens is 1. The molecule has 1 atom stereocenters. The monoisotopic (exact) mass is 531 g/mol. The molecule has 2 fully saturated rings. The maximum atomic E-state index is 13.8. The third-order valence-corrected chi connectivity index (χ3v) is 7.95. The van der Waals surface area contributed by atoms with Crippen LogP contribution in [0.15, 0.2) is 78.9 Å². The summed E-state index contributed by atoms with van der Waals surface area (Å²) in [6.07, 6.45) is 2.36. The van der Waals surface area contributed by atoms with Crippen LogP contribution in [-0.4, -0.2) is 68.6 Å². The van der Waals surface area contributed by atoms with Gasteiger partial charge in [-0.3, -0.25) is 4.79 Å². The normalized spacial score (nSPS) is 17.6. The van der Waals surface area contributed by atoms with Gasteiger partial charge >= 0.3 is 0 Å². The molecule has 2 aliphatic rings. The Morgan fingerprint density at radius 1 is 0.897 bits per heavy atom. The first kappa shape index (κ1) is 27.0. The van der Waals surface area contributed by atoms with E-state index >= 15 is 0 Å². The lowest BCUT2D eigenvalue weighted by atomic mass is 9.87. The molecule has 0 radical (unpaired) electrons. The number of carbonyl (C=O) groups excluding carboxylic acids is 1. The number of anilines is 1. The highest BCUT2D eigenvalue weighted by Crippen LogP contribution is 2.35. The van der Waals surface area contributed by atoms with E-state index in [9.17, 15) is 9.18 Å². The predicted octanol–water partition coefficient (Wildman–Crippen LogP) is 5.41. The number of carbonyl (C=O) groups is 1. The first-order valence-electron chi connectivity index (χ1n) is 14.0. The standard InChI is InChI=1S/C32H38FN3O3/c1-38-30-13-6-5-12-29(30)35-20-22-36(23-21-35)31(37)16-19-34-17-14-26(15-18-34)32(25-8-3-2-4-9-25)39-28-11-7-10-27(33)24-28/h2-13,24,26,32H,14-23H2,1H3. The van der Waals surface area contributed by atoms with Crippen molar-refractivity contribution in [3.05, 3.63) is 90.2 Å². The largest absolute Gasteiger partial charge is 0.495 e. The molecule has 0 saturated carbocycles. The van der Waals surface area contributed by atoms with E-state index in [1.165, 1.54) is 12.1 Å². The lowest BCUT2D eigenvalue weighted by Crippen LogP contribution is -2.49. The van der Waals surface area contributed by atoms with E-state index in [4.69, 9.17) is 9.47 Å². The molecule has 7 heteroatoms. The number of amides is 1. The maximum Gasteiger partial charge on any atom is 0.223 e. The molecule has 3 aromatic rings. The SMILES string of the molecule is COc1ccccc1N1CCN(C(=O)CCN2CCC(C(Oc3cccc(F)c3)c3ccccc3)CC2)CC1. The molecule has 2 heterocycles. The summed E-state index contributed by atoms with van der Waals surface area (Å²) in [6, 6.07) is 24.7. The van der Waals surface area contributed by atoms with E-state index < -0.39 is 0 Å². The number of piperazine rings is 1. The first-order chi connectivity index (χ1) is 19.1. The average Bonchev–Trinajstić information content (AvgIpc) is 2.99. The third kappa shape index (κ3) is 6.90.